The average Bonchev–Trinajstić information content (AvgIpc) is 2.52. The SMILES string of the molecule is CCNC(=NCCCOCC)NCCOc1ccccc1C. The van der Waals surface area contributed by atoms with Gasteiger partial charge in [0.2, 0.25) is 0 Å². The van der Waals surface area contributed by atoms with E-state index in [9.17, 15) is 0 Å². The maximum Gasteiger partial charge on any atom is 0.191 e. The number of hydrogen-bond donors (Lipinski definition) is 2. The third-order valence-corrected chi connectivity index (χ3v) is 3.01. The highest BCUT2D eigenvalue weighted by molar-refractivity contribution is 5.79. The summed E-state index contributed by atoms with van der Waals surface area (Å²) in [5, 5.41) is 6.50. The molecule has 0 saturated carbocycles. The zero-order valence-electron chi connectivity index (χ0n) is 14.0. The summed E-state index contributed by atoms with van der Waals surface area (Å²) in [5.41, 5.74) is 1.15. The number of guanidine groups is 1. The van der Waals surface area contributed by atoms with Gasteiger partial charge in [-0.15, -0.1) is 0 Å². The smallest absolute Gasteiger partial charge is 0.191 e. The van der Waals surface area contributed by atoms with Crippen LogP contribution in [0.3, 0.4) is 0 Å². The first-order chi connectivity index (χ1) is 10.8. The molecule has 124 valence electrons. The van der Waals surface area contributed by atoms with E-state index in [1.54, 1.807) is 0 Å². The molecule has 0 aliphatic carbocycles. The molecule has 0 spiro atoms. The summed E-state index contributed by atoms with van der Waals surface area (Å²) in [5.74, 6) is 1.76. The number of aliphatic imine (C=N–C) groups is 1. The summed E-state index contributed by atoms with van der Waals surface area (Å²) in [6.07, 6.45) is 0.935. The van der Waals surface area contributed by atoms with Gasteiger partial charge in [-0.2, -0.15) is 0 Å². The standard InChI is InChI=1S/C17H29N3O2/c1-4-18-17(19-11-8-13-21-5-2)20-12-14-22-16-10-7-6-9-15(16)3/h6-7,9-10H,4-5,8,11-14H2,1-3H3,(H2,18,19,20). The lowest BCUT2D eigenvalue weighted by molar-refractivity contribution is 0.146. The van der Waals surface area contributed by atoms with Gasteiger partial charge >= 0.3 is 0 Å². The molecule has 0 unspecified atom stereocenters. The zero-order valence-corrected chi connectivity index (χ0v) is 14.0. The van der Waals surface area contributed by atoms with Gasteiger partial charge in [0.1, 0.15) is 12.4 Å². The summed E-state index contributed by atoms with van der Waals surface area (Å²) in [6, 6.07) is 8.04. The van der Waals surface area contributed by atoms with Crippen LogP contribution in [0.2, 0.25) is 0 Å². The highest BCUT2D eigenvalue weighted by atomic mass is 16.5. The molecular weight excluding hydrogens is 278 g/mol. The predicted molar refractivity (Wildman–Crippen MR) is 91.8 cm³/mol. The van der Waals surface area contributed by atoms with Gasteiger partial charge in [0.25, 0.3) is 0 Å². The van der Waals surface area contributed by atoms with Crippen molar-refractivity contribution in [2.24, 2.45) is 4.99 Å². The predicted octanol–water partition coefficient (Wildman–Crippen LogP) is 2.36. The normalized spacial score (nSPS) is 11.3. The van der Waals surface area contributed by atoms with Gasteiger partial charge in [0.05, 0.1) is 6.54 Å². The van der Waals surface area contributed by atoms with Crippen LogP contribution in [0.5, 0.6) is 5.75 Å². The van der Waals surface area contributed by atoms with Crippen LogP contribution < -0.4 is 15.4 Å². The van der Waals surface area contributed by atoms with Crippen molar-refractivity contribution in [3.05, 3.63) is 29.8 Å². The number of para-hydroxylation sites is 1. The fraction of sp³-hybridized carbons (Fsp3) is 0.588. The van der Waals surface area contributed by atoms with E-state index in [0.717, 1.165) is 50.0 Å². The first-order valence-corrected chi connectivity index (χ1v) is 8.06. The minimum absolute atomic E-state index is 0.605. The van der Waals surface area contributed by atoms with Gasteiger partial charge in [-0.3, -0.25) is 4.99 Å². The number of nitrogens with zero attached hydrogens (tertiary/aromatic N) is 1. The number of rotatable bonds is 10. The Morgan fingerprint density at radius 2 is 1.95 bits per heavy atom. The minimum atomic E-state index is 0.605. The molecule has 2 N–H and O–H groups in total. The fourth-order valence-electron chi connectivity index (χ4n) is 1.89. The quantitative estimate of drug-likeness (QED) is 0.396. The topological polar surface area (TPSA) is 54.9 Å². The van der Waals surface area contributed by atoms with Gasteiger partial charge in [0, 0.05) is 26.3 Å². The van der Waals surface area contributed by atoms with Gasteiger partial charge in [-0.25, -0.2) is 0 Å². The monoisotopic (exact) mass is 307 g/mol. The number of hydrogen-bond acceptors (Lipinski definition) is 3. The fourth-order valence-corrected chi connectivity index (χ4v) is 1.89. The van der Waals surface area contributed by atoms with Crippen LogP contribution in [-0.2, 0) is 4.74 Å². The van der Waals surface area contributed by atoms with Crippen LogP contribution >= 0.6 is 0 Å². The molecule has 0 amide bonds. The van der Waals surface area contributed by atoms with Crippen molar-refractivity contribution in [2.45, 2.75) is 27.2 Å². The third kappa shape index (κ3) is 7.88. The molecule has 0 saturated heterocycles. The maximum atomic E-state index is 5.76. The van der Waals surface area contributed by atoms with Crippen LogP contribution in [-0.4, -0.2) is 45.4 Å². The van der Waals surface area contributed by atoms with E-state index in [0.29, 0.717) is 13.2 Å². The molecule has 5 heteroatoms. The van der Waals surface area contributed by atoms with Crippen LogP contribution in [0.25, 0.3) is 0 Å². The van der Waals surface area contributed by atoms with E-state index in [-0.39, 0.29) is 0 Å². The molecule has 0 radical (unpaired) electrons. The number of ether oxygens (including phenoxy) is 2. The summed E-state index contributed by atoms with van der Waals surface area (Å²) >= 11 is 0. The Morgan fingerprint density at radius 1 is 1.14 bits per heavy atom. The van der Waals surface area contributed by atoms with E-state index >= 15 is 0 Å². The lowest BCUT2D eigenvalue weighted by Gasteiger charge is -2.13. The Labute approximate surface area is 134 Å². The second-order valence-corrected chi connectivity index (χ2v) is 4.85. The minimum Gasteiger partial charge on any atom is -0.491 e. The van der Waals surface area contributed by atoms with Crippen LogP contribution in [0.15, 0.2) is 29.3 Å². The van der Waals surface area contributed by atoms with Crippen molar-refractivity contribution in [3.63, 3.8) is 0 Å². The lowest BCUT2D eigenvalue weighted by Crippen LogP contribution is -2.39. The van der Waals surface area contributed by atoms with Crippen molar-refractivity contribution in [1.29, 1.82) is 0 Å². The van der Waals surface area contributed by atoms with Gasteiger partial charge in [-0.1, -0.05) is 18.2 Å². The summed E-state index contributed by atoms with van der Waals surface area (Å²) in [7, 11) is 0. The van der Waals surface area contributed by atoms with Crippen molar-refractivity contribution in [2.75, 3.05) is 39.5 Å². The zero-order chi connectivity index (χ0) is 16.0. The highest BCUT2D eigenvalue weighted by Crippen LogP contribution is 2.15. The van der Waals surface area contributed by atoms with Crippen LogP contribution in [0.1, 0.15) is 25.8 Å². The molecule has 1 aromatic rings. The number of nitrogens with one attached hydrogen (secondary N) is 2. The Balaban J connectivity index is 2.25. The van der Waals surface area contributed by atoms with Gasteiger partial charge in [0.15, 0.2) is 5.96 Å². The molecule has 0 aliphatic rings. The van der Waals surface area contributed by atoms with E-state index in [1.807, 2.05) is 38.1 Å². The molecule has 5 nitrogen and oxygen atoms in total. The molecule has 22 heavy (non-hydrogen) atoms. The largest absolute Gasteiger partial charge is 0.491 e. The van der Waals surface area contributed by atoms with E-state index < -0.39 is 0 Å². The Bertz CT molecular complexity index is 436. The van der Waals surface area contributed by atoms with E-state index in [4.69, 9.17) is 9.47 Å². The molecule has 1 aromatic carbocycles. The summed E-state index contributed by atoms with van der Waals surface area (Å²) in [4.78, 5) is 4.51. The Hall–Kier alpha value is -1.75. The number of aryl methyl sites for hydroxylation is 1. The third-order valence-electron chi connectivity index (χ3n) is 3.01. The molecule has 0 heterocycles. The molecule has 0 aliphatic heterocycles. The van der Waals surface area contributed by atoms with Crippen LogP contribution in [0.4, 0.5) is 0 Å². The first-order valence-electron chi connectivity index (χ1n) is 8.06. The summed E-state index contributed by atoms with van der Waals surface area (Å²) in [6.45, 7) is 10.6. The van der Waals surface area contributed by atoms with E-state index in [2.05, 4.69) is 22.5 Å². The van der Waals surface area contributed by atoms with Gasteiger partial charge in [-0.05, 0) is 38.8 Å². The number of benzene rings is 1. The molecule has 0 aromatic heterocycles. The second kappa shape index (κ2) is 11.9. The lowest BCUT2D eigenvalue weighted by atomic mass is 10.2. The van der Waals surface area contributed by atoms with Crippen molar-refractivity contribution < 1.29 is 9.47 Å². The second-order valence-electron chi connectivity index (χ2n) is 4.85. The highest BCUT2D eigenvalue weighted by Gasteiger charge is 1.99. The van der Waals surface area contributed by atoms with Crippen molar-refractivity contribution in [1.82, 2.24) is 10.6 Å². The van der Waals surface area contributed by atoms with Gasteiger partial charge < -0.3 is 20.1 Å². The van der Waals surface area contributed by atoms with Crippen LogP contribution in [0, 0.1) is 6.92 Å². The molecule has 0 atom stereocenters. The molecular formula is C17H29N3O2. The Kier molecular flexibility index (Phi) is 9.87. The summed E-state index contributed by atoms with van der Waals surface area (Å²) < 4.78 is 11.1. The van der Waals surface area contributed by atoms with Crippen molar-refractivity contribution in [3.8, 4) is 5.75 Å². The maximum absolute atomic E-state index is 5.76. The Morgan fingerprint density at radius 3 is 2.68 bits per heavy atom. The molecule has 0 bridgehead atoms. The average molecular weight is 307 g/mol. The van der Waals surface area contributed by atoms with Crippen molar-refractivity contribution >= 4 is 5.96 Å². The van der Waals surface area contributed by atoms with E-state index in [1.165, 1.54) is 0 Å². The molecule has 1 rings (SSSR count). The first kappa shape index (κ1) is 18.3. The molecule has 0 fully saturated rings.